The predicted octanol–water partition coefficient (Wildman–Crippen LogP) is 0.130. The van der Waals surface area contributed by atoms with E-state index in [1.54, 1.807) is 6.92 Å². The van der Waals surface area contributed by atoms with Crippen LogP contribution in [0, 0.1) is 0 Å². The van der Waals surface area contributed by atoms with Crippen LogP contribution in [0.2, 0.25) is 0 Å². The zero-order valence-electron chi connectivity index (χ0n) is 8.95. The van der Waals surface area contributed by atoms with Gasteiger partial charge in [-0.15, -0.1) is 0 Å². The van der Waals surface area contributed by atoms with E-state index in [-0.39, 0.29) is 11.7 Å². The monoisotopic (exact) mass is 198 g/mol. The van der Waals surface area contributed by atoms with Crippen molar-refractivity contribution < 1.29 is 9.59 Å². The van der Waals surface area contributed by atoms with Gasteiger partial charge in [-0.2, -0.15) is 0 Å². The van der Waals surface area contributed by atoms with Gasteiger partial charge in [-0.3, -0.25) is 14.5 Å². The van der Waals surface area contributed by atoms with Gasteiger partial charge < -0.3 is 4.90 Å². The summed E-state index contributed by atoms with van der Waals surface area (Å²) >= 11 is 0. The third-order valence-electron chi connectivity index (χ3n) is 2.56. The molecular weight excluding hydrogens is 180 g/mol. The Kier molecular flexibility index (Phi) is 4.07. The average Bonchev–Trinajstić information content (AvgIpc) is 2.15. The molecule has 0 N–H and O–H groups in total. The lowest BCUT2D eigenvalue weighted by atomic mass is 10.2. The summed E-state index contributed by atoms with van der Waals surface area (Å²) in [4.78, 5) is 26.1. The molecule has 14 heavy (non-hydrogen) atoms. The van der Waals surface area contributed by atoms with Gasteiger partial charge in [-0.05, 0) is 13.8 Å². The van der Waals surface area contributed by atoms with Crippen LogP contribution in [-0.2, 0) is 9.59 Å². The van der Waals surface area contributed by atoms with Crippen molar-refractivity contribution in [2.45, 2.75) is 20.3 Å². The summed E-state index contributed by atoms with van der Waals surface area (Å²) in [7, 11) is 0. The van der Waals surface area contributed by atoms with E-state index < -0.39 is 0 Å². The van der Waals surface area contributed by atoms with Crippen molar-refractivity contribution in [1.29, 1.82) is 0 Å². The molecule has 0 bridgehead atoms. The molecule has 1 aliphatic heterocycles. The molecular formula is C10H18N2O2. The summed E-state index contributed by atoms with van der Waals surface area (Å²) in [6.07, 6.45) is 0.555. The zero-order valence-corrected chi connectivity index (χ0v) is 8.95. The Hall–Kier alpha value is -0.900. The van der Waals surface area contributed by atoms with E-state index in [4.69, 9.17) is 0 Å². The van der Waals surface area contributed by atoms with Gasteiger partial charge >= 0.3 is 0 Å². The van der Waals surface area contributed by atoms with Gasteiger partial charge in [0.2, 0.25) is 5.91 Å². The molecule has 1 aliphatic rings. The largest absolute Gasteiger partial charge is 0.341 e. The van der Waals surface area contributed by atoms with Crippen molar-refractivity contribution in [2.24, 2.45) is 0 Å². The number of ketones is 1. The fraction of sp³-hybridized carbons (Fsp3) is 0.800. The highest BCUT2D eigenvalue weighted by Gasteiger charge is 2.21. The smallest absolute Gasteiger partial charge is 0.236 e. The lowest BCUT2D eigenvalue weighted by molar-refractivity contribution is -0.136. The van der Waals surface area contributed by atoms with Crippen LogP contribution in [-0.4, -0.2) is 54.2 Å². The van der Waals surface area contributed by atoms with Crippen LogP contribution >= 0.6 is 0 Å². The van der Waals surface area contributed by atoms with Gasteiger partial charge in [0.05, 0.1) is 6.54 Å². The minimum atomic E-state index is 0.183. The van der Waals surface area contributed by atoms with Crippen LogP contribution in [0.3, 0.4) is 0 Å². The van der Waals surface area contributed by atoms with Crippen molar-refractivity contribution in [1.82, 2.24) is 9.80 Å². The highest BCUT2D eigenvalue weighted by molar-refractivity contribution is 5.79. The maximum Gasteiger partial charge on any atom is 0.236 e. The Morgan fingerprint density at radius 2 is 2.14 bits per heavy atom. The van der Waals surface area contributed by atoms with Gasteiger partial charge in [0.1, 0.15) is 5.78 Å². The molecule has 0 aliphatic carbocycles. The molecule has 0 aromatic rings. The lowest BCUT2D eigenvalue weighted by Crippen LogP contribution is -2.50. The maximum atomic E-state index is 11.5. The van der Waals surface area contributed by atoms with Crippen molar-refractivity contribution in [3.63, 3.8) is 0 Å². The molecule has 0 radical (unpaired) electrons. The second-order valence-electron chi connectivity index (χ2n) is 3.70. The van der Waals surface area contributed by atoms with Crippen LogP contribution in [0.4, 0.5) is 0 Å². The Labute approximate surface area is 84.9 Å². The molecule has 0 atom stereocenters. The van der Waals surface area contributed by atoms with E-state index in [0.717, 1.165) is 26.2 Å². The molecule has 0 aromatic carbocycles. The number of piperazine rings is 1. The van der Waals surface area contributed by atoms with Gasteiger partial charge in [-0.1, -0.05) is 0 Å². The molecule has 0 aromatic heterocycles. The van der Waals surface area contributed by atoms with E-state index >= 15 is 0 Å². The minimum Gasteiger partial charge on any atom is -0.341 e. The van der Waals surface area contributed by atoms with Crippen molar-refractivity contribution in [3.05, 3.63) is 0 Å². The van der Waals surface area contributed by atoms with E-state index in [1.165, 1.54) is 0 Å². The fourth-order valence-electron chi connectivity index (χ4n) is 1.60. The first kappa shape index (κ1) is 11.2. The molecule has 1 saturated heterocycles. The molecule has 1 heterocycles. The summed E-state index contributed by atoms with van der Waals surface area (Å²) in [5.41, 5.74) is 0. The molecule has 1 amide bonds. The van der Waals surface area contributed by atoms with Gasteiger partial charge in [0, 0.05) is 32.6 Å². The molecule has 0 saturated carbocycles. The van der Waals surface area contributed by atoms with E-state index in [9.17, 15) is 9.59 Å². The first-order valence-corrected chi connectivity index (χ1v) is 5.13. The number of hydrogen-bond donors (Lipinski definition) is 0. The van der Waals surface area contributed by atoms with Crippen LogP contribution in [0.1, 0.15) is 20.3 Å². The third kappa shape index (κ3) is 3.10. The standard InChI is InChI=1S/C10H18N2O2/c1-3-12-7-6-11(8-10(12)14)5-4-9(2)13/h3-8H2,1-2H3. The second kappa shape index (κ2) is 5.10. The van der Waals surface area contributed by atoms with Gasteiger partial charge in [-0.25, -0.2) is 0 Å². The maximum absolute atomic E-state index is 11.5. The summed E-state index contributed by atoms with van der Waals surface area (Å²) < 4.78 is 0. The number of hydrogen-bond acceptors (Lipinski definition) is 3. The quantitative estimate of drug-likeness (QED) is 0.644. The molecule has 0 spiro atoms. The van der Waals surface area contributed by atoms with E-state index in [0.29, 0.717) is 13.0 Å². The van der Waals surface area contributed by atoms with Gasteiger partial charge in [0.15, 0.2) is 0 Å². The Morgan fingerprint density at radius 1 is 1.43 bits per heavy atom. The predicted molar refractivity (Wildman–Crippen MR) is 54.0 cm³/mol. The minimum absolute atomic E-state index is 0.183. The summed E-state index contributed by atoms with van der Waals surface area (Å²) in [5.74, 6) is 0.373. The van der Waals surface area contributed by atoms with Crippen LogP contribution in [0.15, 0.2) is 0 Å². The van der Waals surface area contributed by atoms with Gasteiger partial charge in [0.25, 0.3) is 0 Å². The number of rotatable bonds is 4. The van der Waals surface area contributed by atoms with Crippen LogP contribution < -0.4 is 0 Å². The number of likely N-dealkylation sites (N-methyl/N-ethyl adjacent to an activating group) is 1. The fourth-order valence-corrected chi connectivity index (χ4v) is 1.60. The molecule has 4 nitrogen and oxygen atoms in total. The number of Topliss-reactive ketones (excluding diaryl/α,β-unsaturated/α-hetero) is 1. The molecule has 80 valence electrons. The number of nitrogens with zero attached hydrogens (tertiary/aromatic N) is 2. The highest BCUT2D eigenvalue weighted by Crippen LogP contribution is 2.03. The molecule has 1 fully saturated rings. The lowest BCUT2D eigenvalue weighted by Gasteiger charge is -2.33. The first-order valence-electron chi connectivity index (χ1n) is 5.13. The van der Waals surface area contributed by atoms with Crippen molar-refractivity contribution >= 4 is 11.7 Å². The van der Waals surface area contributed by atoms with E-state index in [2.05, 4.69) is 4.90 Å². The average molecular weight is 198 g/mol. The summed E-state index contributed by atoms with van der Waals surface area (Å²) in [5, 5.41) is 0. The second-order valence-corrected chi connectivity index (χ2v) is 3.70. The first-order chi connectivity index (χ1) is 6.63. The SMILES string of the molecule is CCN1CCN(CCC(C)=O)CC1=O. The Balaban J connectivity index is 2.31. The zero-order chi connectivity index (χ0) is 10.6. The Morgan fingerprint density at radius 3 is 2.64 bits per heavy atom. The van der Waals surface area contributed by atoms with Crippen molar-refractivity contribution in [2.75, 3.05) is 32.7 Å². The number of carbonyl (C=O) groups is 2. The van der Waals surface area contributed by atoms with E-state index in [1.807, 2.05) is 11.8 Å². The molecule has 4 heteroatoms. The molecule has 1 rings (SSSR count). The summed E-state index contributed by atoms with van der Waals surface area (Å²) in [6.45, 7) is 7.26. The van der Waals surface area contributed by atoms with Crippen LogP contribution in [0.25, 0.3) is 0 Å². The summed E-state index contributed by atoms with van der Waals surface area (Å²) in [6, 6.07) is 0. The normalized spacial score (nSPS) is 18.7. The topological polar surface area (TPSA) is 40.6 Å². The number of amides is 1. The van der Waals surface area contributed by atoms with Crippen molar-refractivity contribution in [3.8, 4) is 0 Å². The Bertz CT molecular complexity index is 228. The highest BCUT2D eigenvalue weighted by atomic mass is 16.2. The van der Waals surface area contributed by atoms with Crippen LogP contribution in [0.5, 0.6) is 0 Å². The molecule has 0 unspecified atom stereocenters. The third-order valence-corrected chi connectivity index (χ3v) is 2.56. The number of carbonyl (C=O) groups excluding carboxylic acids is 2.